The largest absolute Gasteiger partial charge is 0.336 e. The first kappa shape index (κ1) is 10.4. The second kappa shape index (κ2) is 3.99. The Bertz CT molecular complexity index is 320. The van der Waals surface area contributed by atoms with E-state index in [-0.39, 0.29) is 0 Å². The number of hydrogen-bond acceptors (Lipinski definition) is 3. The van der Waals surface area contributed by atoms with Crippen LogP contribution in [0.4, 0.5) is 0 Å². The molecule has 1 atom stereocenters. The third-order valence-corrected chi connectivity index (χ3v) is 2.22. The summed E-state index contributed by atoms with van der Waals surface area (Å²) in [5.74, 6) is 0.860. The molecule has 0 aliphatic heterocycles. The van der Waals surface area contributed by atoms with Gasteiger partial charge in [-0.05, 0) is 14.1 Å². The van der Waals surface area contributed by atoms with Gasteiger partial charge in [-0.15, -0.1) is 0 Å². The van der Waals surface area contributed by atoms with E-state index in [4.69, 9.17) is 5.14 Å². The first-order valence-electron chi connectivity index (χ1n) is 3.84. The summed E-state index contributed by atoms with van der Waals surface area (Å²) in [6.45, 7) is 0.716. The topological polar surface area (TPSA) is 64.2 Å². The normalized spacial score (nSPS) is 13.6. The second-order valence-corrected chi connectivity index (χ2v) is 4.15. The van der Waals surface area contributed by atoms with Gasteiger partial charge in [-0.3, -0.25) is 0 Å². The molecule has 1 heterocycles. The minimum atomic E-state index is -1.48. The standard InChI is InChI=1S/C7H14N4OS/c1-10(2)4-6-9-7(13(8)12)5-11(6)3/h5H,4,8H2,1-3H3. The number of rotatable bonds is 3. The maximum atomic E-state index is 10.9. The zero-order chi connectivity index (χ0) is 10.0. The fraction of sp³-hybridized carbons (Fsp3) is 0.571. The van der Waals surface area contributed by atoms with Crippen LogP contribution in [0.5, 0.6) is 0 Å². The van der Waals surface area contributed by atoms with Crippen molar-refractivity contribution in [3.05, 3.63) is 12.0 Å². The van der Waals surface area contributed by atoms with Crippen LogP contribution in [0, 0.1) is 0 Å². The van der Waals surface area contributed by atoms with Crippen LogP contribution in [0.2, 0.25) is 0 Å². The monoisotopic (exact) mass is 202 g/mol. The molecule has 1 aromatic heterocycles. The molecule has 0 aromatic carbocycles. The van der Waals surface area contributed by atoms with Crippen LogP contribution in [0.15, 0.2) is 11.2 Å². The number of nitrogens with two attached hydrogens (primary N) is 1. The Morgan fingerprint density at radius 1 is 1.69 bits per heavy atom. The molecule has 5 nitrogen and oxygen atoms in total. The molecule has 0 bridgehead atoms. The zero-order valence-electron chi connectivity index (χ0n) is 8.02. The molecular weight excluding hydrogens is 188 g/mol. The highest BCUT2D eigenvalue weighted by Crippen LogP contribution is 2.04. The predicted molar refractivity (Wildman–Crippen MR) is 51.2 cm³/mol. The van der Waals surface area contributed by atoms with Crippen molar-refractivity contribution in [2.75, 3.05) is 14.1 Å². The molecule has 2 N–H and O–H groups in total. The van der Waals surface area contributed by atoms with Crippen molar-refractivity contribution in [3.8, 4) is 0 Å². The van der Waals surface area contributed by atoms with Gasteiger partial charge in [-0.1, -0.05) is 0 Å². The number of imidazole rings is 1. The summed E-state index contributed by atoms with van der Waals surface area (Å²) in [4.78, 5) is 6.14. The smallest absolute Gasteiger partial charge is 0.160 e. The van der Waals surface area contributed by atoms with E-state index in [1.807, 2.05) is 30.6 Å². The van der Waals surface area contributed by atoms with Crippen molar-refractivity contribution >= 4 is 11.0 Å². The number of aryl methyl sites for hydroxylation is 1. The van der Waals surface area contributed by atoms with Crippen molar-refractivity contribution in [3.63, 3.8) is 0 Å². The van der Waals surface area contributed by atoms with E-state index >= 15 is 0 Å². The minimum Gasteiger partial charge on any atom is -0.336 e. The Kier molecular flexibility index (Phi) is 3.18. The Balaban J connectivity index is 2.90. The number of aromatic nitrogens is 2. The highest BCUT2D eigenvalue weighted by atomic mass is 32.2. The van der Waals surface area contributed by atoms with Crippen LogP contribution >= 0.6 is 0 Å². The highest BCUT2D eigenvalue weighted by molar-refractivity contribution is 7.82. The van der Waals surface area contributed by atoms with Gasteiger partial charge in [0.1, 0.15) is 16.8 Å². The van der Waals surface area contributed by atoms with Gasteiger partial charge < -0.3 is 9.47 Å². The van der Waals surface area contributed by atoms with Crippen LogP contribution in [0.3, 0.4) is 0 Å². The van der Waals surface area contributed by atoms with Crippen molar-refractivity contribution in [1.82, 2.24) is 14.5 Å². The second-order valence-electron chi connectivity index (χ2n) is 3.14. The lowest BCUT2D eigenvalue weighted by atomic mass is 10.5. The summed E-state index contributed by atoms with van der Waals surface area (Å²) in [5.41, 5.74) is 0. The first-order valence-corrected chi connectivity index (χ1v) is 5.05. The van der Waals surface area contributed by atoms with E-state index in [0.717, 1.165) is 5.82 Å². The van der Waals surface area contributed by atoms with Gasteiger partial charge in [0.15, 0.2) is 5.03 Å². The average Bonchev–Trinajstić information content (AvgIpc) is 2.31. The molecule has 0 amide bonds. The van der Waals surface area contributed by atoms with Crippen molar-refractivity contribution in [2.24, 2.45) is 12.2 Å². The minimum absolute atomic E-state index is 0.430. The van der Waals surface area contributed by atoms with Gasteiger partial charge in [0.2, 0.25) is 0 Å². The molecule has 13 heavy (non-hydrogen) atoms. The van der Waals surface area contributed by atoms with Crippen LogP contribution in [0.25, 0.3) is 0 Å². The van der Waals surface area contributed by atoms with Crippen LogP contribution in [0.1, 0.15) is 5.82 Å². The predicted octanol–water partition coefficient (Wildman–Crippen LogP) is -0.537. The van der Waals surface area contributed by atoms with Gasteiger partial charge in [0.05, 0.1) is 6.54 Å². The van der Waals surface area contributed by atoms with E-state index in [0.29, 0.717) is 11.6 Å². The molecule has 0 saturated heterocycles. The lowest BCUT2D eigenvalue weighted by Gasteiger charge is -2.07. The third-order valence-electron chi connectivity index (χ3n) is 1.61. The summed E-state index contributed by atoms with van der Waals surface area (Å²) in [6.07, 6.45) is 1.69. The van der Waals surface area contributed by atoms with Crippen molar-refractivity contribution in [1.29, 1.82) is 0 Å². The van der Waals surface area contributed by atoms with Crippen molar-refractivity contribution < 1.29 is 4.21 Å². The van der Waals surface area contributed by atoms with Crippen molar-refractivity contribution in [2.45, 2.75) is 11.6 Å². The summed E-state index contributed by atoms with van der Waals surface area (Å²) in [5, 5.41) is 5.64. The fourth-order valence-electron chi connectivity index (χ4n) is 1.00. The van der Waals surface area contributed by atoms with Gasteiger partial charge in [0.25, 0.3) is 0 Å². The molecule has 0 aliphatic rings. The molecule has 1 aromatic rings. The first-order chi connectivity index (χ1) is 6.00. The Morgan fingerprint density at radius 2 is 2.31 bits per heavy atom. The third kappa shape index (κ3) is 2.61. The highest BCUT2D eigenvalue weighted by Gasteiger charge is 2.08. The Morgan fingerprint density at radius 3 is 2.69 bits per heavy atom. The average molecular weight is 202 g/mol. The van der Waals surface area contributed by atoms with Crippen LogP contribution in [-0.2, 0) is 24.6 Å². The van der Waals surface area contributed by atoms with Gasteiger partial charge in [-0.25, -0.2) is 14.3 Å². The maximum absolute atomic E-state index is 10.9. The molecule has 1 unspecified atom stereocenters. The van der Waals surface area contributed by atoms with Crippen LogP contribution < -0.4 is 5.14 Å². The van der Waals surface area contributed by atoms with E-state index in [1.54, 1.807) is 6.20 Å². The van der Waals surface area contributed by atoms with Gasteiger partial charge in [-0.2, -0.15) is 0 Å². The van der Waals surface area contributed by atoms with E-state index in [9.17, 15) is 4.21 Å². The maximum Gasteiger partial charge on any atom is 0.160 e. The fourth-order valence-corrected chi connectivity index (χ4v) is 1.46. The zero-order valence-corrected chi connectivity index (χ0v) is 8.84. The Hall–Kier alpha value is -0.720. The lowest BCUT2D eigenvalue weighted by molar-refractivity contribution is 0.384. The number of nitrogens with zero attached hydrogens (tertiary/aromatic N) is 3. The molecule has 0 spiro atoms. The summed E-state index contributed by atoms with van der Waals surface area (Å²) < 4.78 is 12.7. The van der Waals surface area contributed by atoms with E-state index in [2.05, 4.69) is 4.98 Å². The van der Waals surface area contributed by atoms with Crippen LogP contribution in [-0.4, -0.2) is 32.8 Å². The molecule has 0 saturated carbocycles. The SMILES string of the molecule is CN(C)Cc1nc(S(N)=O)cn1C. The molecule has 0 fully saturated rings. The lowest BCUT2D eigenvalue weighted by Crippen LogP contribution is -2.14. The molecule has 0 radical (unpaired) electrons. The summed E-state index contributed by atoms with van der Waals surface area (Å²) in [7, 11) is 4.28. The Labute approximate surface area is 80.1 Å². The summed E-state index contributed by atoms with van der Waals surface area (Å²) >= 11 is 0. The number of hydrogen-bond donors (Lipinski definition) is 1. The molecular formula is C7H14N4OS. The van der Waals surface area contributed by atoms with Gasteiger partial charge >= 0.3 is 0 Å². The molecule has 74 valence electrons. The van der Waals surface area contributed by atoms with E-state index in [1.165, 1.54) is 0 Å². The quantitative estimate of drug-likeness (QED) is 0.716. The van der Waals surface area contributed by atoms with E-state index < -0.39 is 11.0 Å². The summed E-state index contributed by atoms with van der Waals surface area (Å²) in [6, 6.07) is 0. The van der Waals surface area contributed by atoms with Gasteiger partial charge in [0, 0.05) is 13.2 Å². The molecule has 0 aliphatic carbocycles. The molecule has 1 rings (SSSR count). The molecule has 6 heteroatoms.